The van der Waals surface area contributed by atoms with Crippen LogP contribution >= 0.6 is 0 Å². The molecule has 29 heavy (non-hydrogen) atoms. The van der Waals surface area contributed by atoms with E-state index in [-0.39, 0.29) is 12.0 Å². The van der Waals surface area contributed by atoms with Crippen LogP contribution < -0.4 is 10.1 Å². The lowest BCUT2D eigenvalue weighted by Gasteiger charge is -2.34. The third-order valence-electron chi connectivity index (χ3n) is 5.33. The Morgan fingerprint density at radius 2 is 2.03 bits per heavy atom. The van der Waals surface area contributed by atoms with Crippen LogP contribution in [0.3, 0.4) is 0 Å². The summed E-state index contributed by atoms with van der Waals surface area (Å²) in [6.45, 7) is 4.13. The van der Waals surface area contributed by atoms with Crippen molar-refractivity contribution >= 4 is 16.8 Å². The Morgan fingerprint density at radius 1 is 1.21 bits per heavy atom. The maximum absolute atomic E-state index is 10.8. The first-order chi connectivity index (χ1) is 14.2. The molecule has 1 aliphatic rings. The fourth-order valence-electron chi connectivity index (χ4n) is 3.73. The summed E-state index contributed by atoms with van der Waals surface area (Å²) in [4.78, 5) is 15.3. The quantitative estimate of drug-likeness (QED) is 0.566. The van der Waals surface area contributed by atoms with Crippen LogP contribution in [0.2, 0.25) is 0 Å². The second-order valence-corrected chi connectivity index (χ2v) is 7.60. The van der Waals surface area contributed by atoms with Gasteiger partial charge in [0.2, 0.25) is 11.8 Å². The van der Waals surface area contributed by atoms with Crippen LogP contribution in [-0.4, -0.2) is 41.3 Å². The number of fused-ring (bicyclic) bond motifs is 1. The third kappa shape index (κ3) is 4.95. The molecule has 1 N–H and O–H groups in total. The van der Waals surface area contributed by atoms with Crippen molar-refractivity contribution in [1.29, 1.82) is 0 Å². The molecule has 0 bridgehead atoms. The van der Waals surface area contributed by atoms with Gasteiger partial charge in [0.25, 0.3) is 0 Å². The van der Waals surface area contributed by atoms with Crippen LogP contribution in [0.4, 0.5) is 0 Å². The van der Waals surface area contributed by atoms with Gasteiger partial charge < -0.3 is 19.4 Å². The van der Waals surface area contributed by atoms with Gasteiger partial charge in [-0.05, 0) is 36.5 Å². The van der Waals surface area contributed by atoms with E-state index >= 15 is 0 Å². The van der Waals surface area contributed by atoms with Gasteiger partial charge in [0.1, 0.15) is 0 Å². The van der Waals surface area contributed by atoms with Gasteiger partial charge in [-0.25, -0.2) is 4.98 Å². The van der Waals surface area contributed by atoms with Crippen molar-refractivity contribution < 1.29 is 14.3 Å². The average Bonchev–Trinajstić information content (AvgIpc) is 3.10. The molecular formula is C23H27N3O3. The van der Waals surface area contributed by atoms with Crippen LogP contribution in [0.1, 0.15) is 25.3 Å². The number of pyridine rings is 1. The summed E-state index contributed by atoms with van der Waals surface area (Å²) >= 11 is 0. The van der Waals surface area contributed by atoms with Crippen LogP contribution in [0.15, 0.2) is 54.9 Å². The molecule has 3 aromatic rings. The molecule has 4 rings (SSSR count). The fourth-order valence-corrected chi connectivity index (χ4v) is 3.73. The highest BCUT2D eigenvalue weighted by molar-refractivity contribution is 5.84. The van der Waals surface area contributed by atoms with Crippen molar-refractivity contribution in [2.75, 3.05) is 19.8 Å². The maximum Gasteiger partial charge on any atom is 0.222 e. The standard InChI is InChI=1S/C23H27N3O3/c1-17(27)24-10-12-28-20-13-19(14-20)16-29-23-21-8-11-26(22(21)7-9-25-23)15-18-5-3-2-4-6-18/h2-9,11,19-20H,10,12-16H2,1H3,(H,24,27). The normalized spacial score (nSPS) is 18.4. The van der Waals surface area contributed by atoms with E-state index < -0.39 is 0 Å². The molecule has 0 unspecified atom stereocenters. The number of carbonyl (C=O) groups excluding carboxylic acids is 1. The predicted octanol–water partition coefficient (Wildman–Crippen LogP) is 3.39. The monoisotopic (exact) mass is 393 g/mol. The largest absolute Gasteiger partial charge is 0.477 e. The minimum atomic E-state index is -0.0206. The first kappa shape index (κ1) is 19.5. The van der Waals surface area contributed by atoms with E-state index in [2.05, 4.69) is 51.4 Å². The minimum Gasteiger partial charge on any atom is -0.477 e. The van der Waals surface area contributed by atoms with Crippen molar-refractivity contribution in [3.8, 4) is 5.88 Å². The highest BCUT2D eigenvalue weighted by Gasteiger charge is 2.30. The van der Waals surface area contributed by atoms with E-state index in [9.17, 15) is 4.79 Å². The SMILES string of the molecule is CC(=O)NCCOC1CC(COc2nccc3c2ccn3Cc2ccccc2)C1. The molecule has 152 valence electrons. The Labute approximate surface area is 170 Å². The molecule has 1 aliphatic carbocycles. The molecule has 2 heterocycles. The van der Waals surface area contributed by atoms with Crippen LogP contribution in [0.25, 0.3) is 10.9 Å². The van der Waals surface area contributed by atoms with Crippen molar-refractivity contribution in [1.82, 2.24) is 14.9 Å². The molecular weight excluding hydrogens is 366 g/mol. The van der Waals surface area contributed by atoms with Crippen LogP contribution in [0.5, 0.6) is 5.88 Å². The Bertz CT molecular complexity index is 948. The van der Waals surface area contributed by atoms with E-state index in [1.807, 2.05) is 18.3 Å². The van der Waals surface area contributed by atoms with Gasteiger partial charge in [-0.3, -0.25) is 4.79 Å². The molecule has 0 spiro atoms. The van der Waals surface area contributed by atoms with E-state index in [1.165, 1.54) is 12.5 Å². The first-order valence-electron chi connectivity index (χ1n) is 10.2. The molecule has 0 radical (unpaired) electrons. The number of nitrogens with one attached hydrogen (secondary N) is 1. The predicted molar refractivity (Wildman–Crippen MR) is 112 cm³/mol. The van der Waals surface area contributed by atoms with E-state index in [0.29, 0.717) is 31.6 Å². The van der Waals surface area contributed by atoms with Gasteiger partial charge in [-0.2, -0.15) is 0 Å². The zero-order chi connectivity index (χ0) is 20.1. The lowest BCUT2D eigenvalue weighted by atomic mass is 9.83. The van der Waals surface area contributed by atoms with Crippen molar-refractivity contribution in [2.45, 2.75) is 32.4 Å². The van der Waals surface area contributed by atoms with Gasteiger partial charge in [0, 0.05) is 32.4 Å². The number of ether oxygens (including phenoxy) is 2. The Morgan fingerprint density at radius 3 is 2.83 bits per heavy atom. The molecule has 0 aliphatic heterocycles. The molecule has 1 amide bonds. The van der Waals surface area contributed by atoms with Gasteiger partial charge in [-0.1, -0.05) is 30.3 Å². The molecule has 1 saturated carbocycles. The topological polar surface area (TPSA) is 65.4 Å². The van der Waals surface area contributed by atoms with Crippen LogP contribution in [0, 0.1) is 5.92 Å². The molecule has 2 aromatic heterocycles. The highest BCUT2D eigenvalue weighted by Crippen LogP contribution is 2.32. The van der Waals surface area contributed by atoms with E-state index in [1.54, 1.807) is 0 Å². The number of benzene rings is 1. The smallest absolute Gasteiger partial charge is 0.222 e. The molecule has 6 nitrogen and oxygen atoms in total. The van der Waals surface area contributed by atoms with Crippen LogP contribution in [-0.2, 0) is 16.1 Å². The molecule has 6 heteroatoms. The highest BCUT2D eigenvalue weighted by atomic mass is 16.5. The number of nitrogens with zero attached hydrogens (tertiary/aromatic N) is 2. The number of hydrogen-bond acceptors (Lipinski definition) is 4. The molecule has 0 atom stereocenters. The summed E-state index contributed by atoms with van der Waals surface area (Å²) in [6, 6.07) is 14.5. The van der Waals surface area contributed by atoms with E-state index in [4.69, 9.17) is 9.47 Å². The second-order valence-electron chi connectivity index (χ2n) is 7.60. The Kier molecular flexibility index (Phi) is 6.10. The molecule has 1 aromatic carbocycles. The number of aromatic nitrogens is 2. The number of rotatable bonds is 9. The lowest BCUT2D eigenvalue weighted by Crippen LogP contribution is -2.37. The summed E-state index contributed by atoms with van der Waals surface area (Å²) in [5.74, 6) is 1.17. The molecule has 1 fully saturated rings. The average molecular weight is 393 g/mol. The summed E-state index contributed by atoms with van der Waals surface area (Å²) < 4.78 is 14.0. The molecule has 0 saturated heterocycles. The summed E-state index contributed by atoms with van der Waals surface area (Å²) in [6.07, 6.45) is 6.16. The van der Waals surface area contributed by atoms with Gasteiger partial charge >= 0.3 is 0 Å². The Balaban J connectivity index is 1.28. The summed E-state index contributed by atoms with van der Waals surface area (Å²) in [5, 5.41) is 3.79. The zero-order valence-corrected chi connectivity index (χ0v) is 16.7. The van der Waals surface area contributed by atoms with Crippen molar-refractivity contribution in [3.63, 3.8) is 0 Å². The fraction of sp³-hybridized carbons (Fsp3) is 0.391. The third-order valence-corrected chi connectivity index (χ3v) is 5.33. The minimum absolute atomic E-state index is 0.0206. The number of carbonyl (C=O) groups is 1. The number of amides is 1. The lowest BCUT2D eigenvalue weighted by molar-refractivity contribution is -0.119. The second kappa shape index (κ2) is 9.09. The van der Waals surface area contributed by atoms with Gasteiger partial charge in [-0.15, -0.1) is 0 Å². The Hall–Kier alpha value is -2.86. The maximum atomic E-state index is 10.8. The first-order valence-corrected chi connectivity index (χ1v) is 10.2. The van der Waals surface area contributed by atoms with E-state index in [0.717, 1.165) is 30.3 Å². The summed E-state index contributed by atoms with van der Waals surface area (Å²) in [5.41, 5.74) is 2.40. The van der Waals surface area contributed by atoms with Crippen molar-refractivity contribution in [3.05, 3.63) is 60.4 Å². The van der Waals surface area contributed by atoms with Gasteiger partial charge in [0.15, 0.2) is 0 Å². The van der Waals surface area contributed by atoms with Crippen molar-refractivity contribution in [2.24, 2.45) is 5.92 Å². The number of hydrogen-bond donors (Lipinski definition) is 1. The van der Waals surface area contributed by atoms with Gasteiger partial charge in [0.05, 0.1) is 30.2 Å². The summed E-state index contributed by atoms with van der Waals surface area (Å²) in [7, 11) is 0. The zero-order valence-electron chi connectivity index (χ0n) is 16.7.